The van der Waals surface area contributed by atoms with Crippen molar-refractivity contribution in [2.45, 2.75) is 13.8 Å². The van der Waals surface area contributed by atoms with Crippen LogP contribution in [0.1, 0.15) is 13.8 Å². The van der Waals surface area contributed by atoms with Crippen LogP contribution in [0.25, 0.3) is 22.0 Å². The van der Waals surface area contributed by atoms with Gasteiger partial charge in [-0.1, -0.05) is 30.3 Å². The standard InChI is InChI=1S/C16H11FNO.C5H8O2.Ir/c1-19-15-10-12(6-7-14(15)17)16-13-5-3-2-4-11(13)8-9-18-16;1-4(6)3-5(2)7;/h2-5,7-10H,1H3;3,6H,1-2H3;/q-1;;. The van der Waals surface area contributed by atoms with Crippen LogP contribution in [0.5, 0.6) is 5.75 Å². The number of aliphatic hydroxyl groups is 1. The number of aromatic nitrogens is 1. The van der Waals surface area contributed by atoms with E-state index in [1.54, 1.807) is 12.3 Å². The molecule has 0 saturated carbocycles. The Morgan fingerprint density at radius 2 is 1.96 bits per heavy atom. The Balaban J connectivity index is 0.000000395. The maximum Gasteiger partial charge on any atom is 0.155 e. The summed E-state index contributed by atoms with van der Waals surface area (Å²) in [6.45, 7) is 2.85. The topological polar surface area (TPSA) is 59.4 Å². The summed E-state index contributed by atoms with van der Waals surface area (Å²) in [5, 5.41) is 10.5. The average molecular weight is 545 g/mol. The Morgan fingerprint density at radius 3 is 2.56 bits per heavy atom. The number of ether oxygens (including phenoxy) is 1. The van der Waals surface area contributed by atoms with E-state index in [-0.39, 0.29) is 37.4 Å². The van der Waals surface area contributed by atoms with Crippen molar-refractivity contribution < 1.29 is 39.1 Å². The minimum absolute atomic E-state index is 0. The minimum atomic E-state index is -0.425. The molecule has 2 aromatic carbocycles. The number of benzene rings is 2. The Bertz CT molecular complexity index is 948. The van der Waals surface area contributed by atoms with E-state index in [1.165, 1.54) is 33.1 Å². The number of ketones is 1. The molecule has 0 aliphatic heterocycles. The number of fused-ring (bicyclic) bond motifs is 1. The van der Waals surface area contributed by atoms with Gasteiger partial charge in [-0.25, -0.2) is 0 Å². The van der Waals surface area contributed by atoms with Crippen LogP contribution >= 0.6 is 0 Å². The normalized spacial score (nSPS) is 10.4. The van der Waals surface area contributed by atoms with Crippen molar-refractivity contribution in [2.75, 3.05) is 7.11 Å². The van der Waals surface area contributed by atoms with Crippen LogP contribution in [0.15, 0.2) is 60.5 Å². The maximum atomic E-state index is 13.4. The van der Waals surface area contributed by atoms with Crippen molar-refractivity contribution in [1.29, 1.82) is 0 Å². The van der Waals surface area contributed by atoms with Gasteiger partial charge in [0.1, 0.15) is 0 Å². The van der Waals surface area contributed by atoms with Gasteiger partial charge in [0.25, 0.3) is 0 Å². The SMILES string of the molecule is CC(=O)C=C(C)O.COc1cc(-c2nccc3ccccc23)[c-]cc1F.[Ir]. The number of aliphatic hydroxyl groups excluding tert-OH is 1. The first-order valence-electron chi connectivity index (χ1n) is 7.89. The van der Waals surface area contributed by atoms with Crippen molar-refractivity contribution in [2.24, 2.45) is 0 Å². The smallest absolute Gasteiger partial charge is 0.155 e. The van der Waals surface area contributed by atoms with E-state index in [1.807, 2.05) is 30.3 Å². The van der Waals surface area contributed by atoms with Crippen molar-refractivity contribution in [3.8, 4) is 17.0 Å². The molecule has 3 aromatic rings. The second-order valence-electron chi connectivity index (χ2n) is 5.54. The molecule has 1 radical (unpaired) electrons. The molecular weight excluding hydrogens is 525 g/mol. The van der Waals surface area contributed by atoms with Crippen molar-refractivity contribution in [3.63, 3.8) is 0 Å². The zero-order valence-electron chi connectivity index (χ0n) is 15.1. The molecule has 0 aliphatic rings. The molecular formula is C21H19FIrNO3-. The number of pyridine rings is 1. The summed E-state index contributed by atoms with van der Waals surface area (Å²) < 4.78 is 18.4. The number of carbonyl (C=O) groups excluding carboxylic acids is 1. The van der Waals surface area contributed by atoms with Gasteiger partial charge in [0.05, 0.1) is 24.4 Å². The minimum Gasteiger partial charge on any atom is -0.513 e. The third-order valence-electron chi connectivity index (χ3n) is 3.43. The predicted octanol–water partition coefficient (Wildman–Crippen LogP) is 4.88. The second-order valence-corrected chi connectivity index (χ2v) is 5.54. The molecule has 0 amide bonds. The van der Waals surface area contributed by atoms with Crippen LogP contribution in [0, 0.1) is 11.9 Å². The molecule has 0 fully saturated rings. The summed E-state index contributed by atoms with van der Waals surface area (Å²) in [7, 11) is 1.44. The third-order valence-corrected chi connectivity index (χ3v) is 3.43. The number of allylic oxidation sites excluding steroid dienone is 2. The number of rotatable bonds is 3. The van der Waals surface area contributed by atoms with Crippen LogP contribution in [-0.2, 0) is 24.9 Å². The van der Waals surface area contributed by atoms with Crippen LogP contribution in [0.4, 0.5) is 4.39 Å². The molecule has 0 bridgehead atoms. The first-order chi connectivity index (χ1) is 12.4. The van der Waals surface area contributed by atoms with Gasteiger partial charge in [-0.05, 0) is 36.4 Å². The molecule has 0 saturated heterocycles. The van der Waals surface area contributed by atoms with Crippen LogP contribution in [0.3, 0.4) is 0 Å². The summed E-state index contributed by atoms with van der Waals surface area (Å²) in [6, 6.07) is 15.7. The molecule has 1 N–H and O–H groups in total. The van der Waals surface area contributed by atoms with Crippen LogP contribution in [-0.4, -0.2) is 23.0 Å². The van der Waals surface area contributed by atoms with Gasteiger partial charge >= 0.3 is 0 Å². The number of nitrogens with zero attached hydrogens (tertiary/aromatic N) is 1. The van der Waals surface area contributed by atoms with Gasteiger partial charge in [0.2, 0.25) is 0 Å². The molecule has 27 heavy (non-hydrogen) atoms. The molecule has 0 aliphatic carbocycles. The van der Waals surface area contributed by atoms with Gasteiger partial charge in [-0.15, -0.1) is 17.7 Å². The van der Waals surface area contributed by atoms with E-state index in [0.717, 1.165) is 22.0 Å². The number of halogens is 1. The molecule has 3 rings (SSSR count). The van der Waals surface area contributed by atoms with Gasteiger partial charge in [0.15, 0.2) is 5.78 Å². The Labute approximate surface area is 171 Å². The van der Waals surface area contributed by atoms with Crippen molar-refractivity contribution in [3.05, 3.63) is 72.4 Å². The first-order valence-corrected chi connectivity index (χ1v) is 7.89. The molecule has 0 atom stereocenters. The van der Waals surface area contributed by atoms with Gasteiger partial charge < -0.3 is 14.8 Å². The number of hydrogen-bond acceptors (Lipinski definition) is 4. The molecule has 4 nitrogen and oxygen atoms in total. The van der Waals surface area contributed by atoms with Gasteiger partial charge in [-0.3, -0.25) is 9.18 Å². The fourth-order valence-electron chi connectivity index (χ4n) is 2.38. The fourth-order valence-corrected chi connectivity index (χ4v) is 2.38. The average Bonchev–Trinajstić information content (AvgIpc) is 2.61. The summed E-state index contributed by atoms with van der Waals surface area (Å²) in [4.78, 5) is 14.4. The quantitative estimate of drug-likeness (QED) is 0.290. The van der Waals surface area contributed by atoms with Gasteiger partial charge in [0, 0.05) is 32.4 Å². The van der Waals surface area contributed by atoms with E-state index < -0.39 is 5.82 Å². The molecule has 1 heterocycles. The largest absolute Gasteiger partial charge is 0.513 e. The van der Waals surface area contributed by atoms with E-state index in [2.05, 4.69) is 11.1 Å². The summed E-state index contributed by atoms with van der Waals surface area (Å²) in [6.07, 6.45) is 2.90. The fraction of sp³-hybridized carbons (Fsp3) is 0.143. The number of methoxy groups -OCH3 is 1. The predicted molar refractivity (Wildman–Crippen MR) is 99.6 cm³/mol. The number of carbonyl (C=O) groups is 1. The van der Waals surface area contributed by atoms with E-state index in [0.29, 0.717) is 0 Å². The molecule has 0 unspecified atom stereocenters. The monoisotopic (exact) mass is 545 g/mol. The molecule has 143 valence electrons. The Hall–Kier alpha value is -2.56. The van der Waals surface area contributed by atoms with E-state index >= 15 is 0 Å². The molecule has 1 aromatic heterocycles. The van der Waals surface area contributed by atoms with E-state index in [4.69, 9.17) is 9.84 Å². The second kappa shape index (κ2) is 10.6. The molecule has 0 spiro atoms. The van der Waals surface area contributed by atoms with Crippen molar-refractivity contribution >= 4 is 16.6 Å². The van der Waals surface area contributed by atoms with Crippen LogP contribution < -0.4 is 4.74 Å². The van der Waals surface area contributed by atoms with Crippen molar-refractivity contribution in [1.82, 2.24) is 4.98 Å². The first kappa shape index (κ1) is 22.5. The van der Waals surface area contributed by atoms with Gasteiger partial charge in [-0.2, -0.15) is 0 Å². The molecule has 6 heteroatoms. The third kappa shape index (κ3) is 6.27. The summed E-state index contributed by atoms with van der Waals surface area (Å²) in [5.41, 5.74) is 1.49. The Kier molecular flexibility index (Phi) is 8.79. The summed E-state index contributed by atoms with van der Waals surface area (Å²) >= 11 is 0. The van der Waals surface area contributed by atoms with E-state index in [9.17, 15) is 9.18 Å². The zero-order chi connectivity index (χ0) is 19.1. The number of hydrogen-bond donors (Lipinski definition) is 1. The Morgan fingerprint density at radius 1 is 1.26 bits per heavy atom. The summed E-state index contributed by atoms with van der Waals surface area (Å²) in [5.74, 6) is -0.289. The zero-order valence-corrected chi connectivity index (χ0v) is 17.5. The van der Waals surface area contributed by atoms with Crippen LogP contribution in [0.2, 0.25) is 0 Å². The maximum absolute atomic E-state index is 13.4.